The highest BCUT2D eigenvalue weighted by Gasteiger charge is 2.13. The summed E-state index contributed by atoms with van der Waals surface area (Å²) < 4.78 is 20.0. The molecule has 0 aliphatic carbocycles. The van der Waals surface area contributed by atoms with Crippen molar-refractivity contribution in [2.75, 3.05) is 5.43 Å². The van der Waals surface area contributed by atoms with Gasteiger partial charge in [-0.3, -0.25) is 9.78 Å². The van der Waals surface area contributed by atoms with Crippen LogP contribution < -0.4 is 15.7 Å². The maximum absolute atomic E-state index is 14.5. The number of hydrazone groups is 1. The van der Waals surface area contributed by atoms with Gasteiger partial charge in [0, 0.05) is 16.1 Å². The van der Waals surface area contributed by atoms with Crippen molar-refractivity contribution in [1.29, 1.82) is 5.26 Å². The summed E-state index contributed by atoms with van der Waals surface area (Å²) in [4.78, 5) is 19.0. The van der Waals surface area contributed by atoms with Gasteiger partial charge in [-0.2, -0.15) is 10.4 Å². The third kappa shape index (κ3) is 5.28. The minimum Gasteiger partial charge on any atom is -0.486 e. The normalized spacial score (nSPS) is 10.7. The number of anilines is 1. The van der Waals surface area contributed by atoms with Crippen LogP contribution in [0.4, 0.5) is 10.3 Å². The molecule has 4 aromatic rings. The van der Waals surface area contributed by atoms with Crippen LogP contribution in [0, 0.1) is 17.1 Å². The highest BCUT2D eigenvalue weighted by Crippen LogP contribution is 2.22. The van der Waals surface area contributed by atoms with E-state index in [0.29, 0.717) is 16.1 Å². The van der Waals surface area contributed by atoms with Gasteiger partial charge in [0.05, 0.1) is 11.9 Å². The summed E-state index contributed by atoms with van der Waals surface area (Å²) in [6.45, 7) is 0.132. The first-order valence-electron chi connectivity index (χ1n) is 10.1. The van der Waals surface area contributed by atoms with Crippen LogP contribution >= 0.6 is 11.6 Å². The topological polar surface area (TPSA) is 103 Å². The molecule has 0 unspecified atom stereocenters. The number of nitriles is 1. The lowest BCUT2D eigenvalue weighted by molar-refractivity contribution is 0.290. The second-order valence-electron chi connectivity index (χ2n) is 7.06. The van der Waals surface area contributed by atoms with Crippen LogP contribution in [-0.2, 0) is 6.61 Å². The summed E-state index contributed by atoms with van der Waals surface area (Å²) in [6.07, 6.45) is 1.36. The predicted molar refractivity (Wildman–Crippen MR) is 128 cm³/mol. The third-order valence-corrected chi connectivity index (χ3v) is 5.13. The molecule has 168 valence electrons. The Hall–Kier alpha value is -4.48. The van der Waals surface area contributed by atoms with E-state index in [9.17, 15) is 14.4 Å². The molecular weight excluding hydrogens is 457 g/mol. The molecule has 0 saturated carbocycles. The van der Waals surface area contributed by atoms with Gasteiger partial charge >= 0.3 is 0 Å². The average Bonchev–Trinajstić information content (AvgIpc) is 2.84. The summed E-state index contributed by atoms with van der Waals surface area (Å²) in [7, 11) is 0. The first-order chi connectivity index (χ1) is 16.5. The molecule has 0 spiro atoms. The molecule has 0 bridgehead atoms. The van der Waals surface area contributed by atoms with Crippen molar-refractivity contribution < 1.29 is 9.13 Å². The number of ether oxygens (including phenoxy) is 1. The van der Waals surface area contributed by atoms with Crippen molar-refractivity contribution in [1.82, 2.24) is 9.97 Å². The number of aromatic nitrogens is 2. The lowest BCUT2D eigenvalue weighted by Gasteiger charge is -2.09. The van der Waals surface area contributed by atoms with Crippen molar-refractivity contribution in [2.45, 2.75) is 6.61 Å². The number of rotatable bonds is 7. The average molecular weight is 474 g/mol. The van der Waals surface area contributed by atoms with E-state index in [4.69, 9.17) is 16.3 Å². The molecule has 0 radical (unpaired) electrons. The van der Waals surface area contributed by atoms with Crippen molar-refractivity contribution in [3.8, 4) is 23.1 Å². The van der Waals surface area contributed by atoms with E-state index in [1.54, 1.807) is 48.5 Å². The zero-order valence-corrected chi connectivity index (χ0v) is 18.4. The smallest absolute Gasteiger partial charge is 0.270 e. The molecule has 7 nitrogen and oxygen atoms in total. The number of hydrogen-bond donors (Lipinski definition) is 2. The molecule has 0 fully saturated rings. The SMILES string of the molecule is N#Cc1c(-c2ccccc2)nc(NN=Cc2ccc(OCc3ccccc3Cl)c(F)c2)[nH]c1=O. The lowest BCUT2D eigenvalue weighted by atomic mass is 10.1. The number of H-pyrrole nitrogens is 1. The minimum atomic E-state index is -0.597. The van der Waals surface area contributed by atoms with Crippen LogP contribution in [0.25, 0.3) is 11.3 Å². The fourth-order valence-corrected chi connectivity index (χ4v) is 3.28. The van der Waals surface area contributed by atoms with Gasteiger partial charge in [0.1, 0.15) is 18.2 Å². The lowest BCUT2D eigenvalue weighted by Crippen LogP contribution is -2.16. The standard InChI is InChI=1S/C25H17ClFN5O2/c26-20-9-5-4-8-18(20)15-34-22-11-10-16(12-21(22)27)14-29-32-25-30-23(17-6-2-1-3-7-17)19(13-28)24(33)31-25/h1-12,14H,15H2,(H2,30,31,32,33). The molecule has 0 atom stereocenters. The largest absolute Gasteiger partial charge is 0.486 e. The van der Waals surface area contributed by atoms with Gasteiger partial charge in [-0.05, 0) is 29.8 Å². The summed E-state index contributed by atoms with van der Waals surface area (Å²) in [6, 6.07) is 22.3. The third-order valence-electron chi connectivity index (χ3n) is 4.76. The van der Waals surface area contributed by atoms with Crippen LogP contribution in [0.5, 0.6) is 5.75 Å². The van der Waals surface area contributed by atoms with Crippen LogP contribution in [0.2, 0.25) is 5.02 Å². The Morgan fingerprint density at radius 1 is 1.15 bits per heavy atom. The Bertz CT molecular complexity index is 1450. The Morgan fingerprint density at radius 2 is 1.91 bits per heavy atom. The second kappa shape index (κ2) is 10.4. The Morgan fingerprint density at radius 3 is 2.65 bits per heavy atom. The molecule has 0 saturated heterocycles. The number of benzene rings is 3. The minimum absolute atomic E-state index is 0.0410. The van der Waals surface area contributed by atoms with Gasteiger partial charge in [-0.1, -0.05) is 60.1 Å². The predicted octanol–water partition coefficient (Wildman–Crippen LogP) is 5.13. The van der Waals surface area contributed by atoms with E-state index in [-0.39, 0.29) is 29.6 Å². The molecule has 0 aliphatic rings. The maximum Gasteiger partial charge on any atom is 0.270 e. The van der Waals surface area contributed by atoms with E-state index in [1.165, 1.54) is 18.3 Å². The van der Waals surface area contributed by atoms with Crippen molar-refractivity contribution in [3.05, 3.63) is 111 Å². The molecule has 4 rings (SSSR count). The summed E-state index contributed by atoms with van der Waals surface area (Å²) in [5.41, 5.74) is 3.96. The summed E-state index contributed by atoms with van der Waals surface area (Å²) in [5.74, 6) is -0.442. The highest BCUT2D eigenvalue weighted by atomic mass is 35.5. The molecular formula is C25H17ClFN5O2. The van der Waals surface area contributed by atoms with Gasteiger partial charge in [0.25, 0.3) is 5.56 Å². The van der Waals surface area contributed by atoms with Crippen LogP contribution in [0.15, 0.2) is 82.7 Å². The zero-order valence-electron chi connectivity index (χ0n) is 17.6. The first kappa shape index (κ1) is 22.7. The number of halogens is 2. The molecule has 2 N–H and O–H groups in total. The second-order valence-corrected chi connectivity index (χ2v) is 7.46. The van der Waals surface area contributed by atoms with E-state index >= 15 is 0 Å². The van der Waals surface area contributed by atoms with E-state index in [2.05, 4.69) is 20.5 Å². The molecule has 0 amide bonds. The highest BCUT2D eigenvalue weighted by molar-refractivity contribution is 6.31. The van der Waals surface area contributed by atoms with Gasteiger partial charge in [0.15, 0.2) is 11.6 Å². The maximum atomic E-state index is 14.5. The molecule has 1 aromatic heterocycles. The van der Waals surface area contributed by atoms with Crippen LogP contribution in [0.1, 0.15) is 16.7 Å². The Kier molecular flexibility index (Phi) is 6.96. The van der Waals surface area contributed by atoms with Crippen molar-refractivity contribution in [2.24, 2.45) is 5.10 Å². The number of aromatic amines is 1. The quantitative estimate of drug-likeness (QED) is 0.286. The fraction of sp³-hybridized carbons (Fsp3) is 0.0400. The van der Waals surface area contributed by atoms with Crippen molar-refractivity contribution in [3.63, 3.8) is 0 Å². The van der Waals surface area contributed by atoms with Crippen LogP contribution in [-0.4, -0.2) is 16.2 Å². The number of hydrogen-bond acceptors (Lipinski definition) is 6. The summed E-state index contributed by atoms with van der Waals surface area (Å²) in [5, 5.41) is 13.9. The van der Waals surface area contributed by atoms with E-state index in [0.717, 1.165) is 5.56 Å². The fourth-order valence-electron chi connectivity index (χ4n) is 3.09. The van der Waals surface area contributed by atoms with Gasteiger partial charge in [0.2, 0.25) is 5.95 Å². The summed E-state index contributed by atoms with van der Waals surface area (Å²) >= 11 is 6.09. The zero-order chi connectivity index (χ0) is 23.9. The first-order valence-corrected chi connectivity index (χ1v) is 10.5. The number of nitrogens with zero attached hydrogens (tertiary/aromatic N) is 3. The number of nitrogens with one attached hydrogen (secondary N) is 2. The van der Waals surface area contributed by atoms with E-state index in [1.807, 2.05) is 18.2 Å². The molecule has 34 heavy (non-hydrogen) atoms. The van der Waals surface area contributed by atoms with Gasteiger partial charge < -0.3 is 4.74 Å². The molecule has 3 aromatic carbocycles. The Balaban J connectivity index is 1.47. The van der Waals surface area contributed by atoms with Gasteiger partial charge in [-0.25, -0.2) is 14.8 Å². The monoisotopic (exact) mass is 473 g/mol. The van der Waals surface area contributed by atoms with Crippen LogP contribution in [0.3, 0.4) is 0 Å². The van der Waals surface area contributed by atoms with E-state index < -0.39 is 11.4 Å². The molecule has 1 heterocycles. The van der Waals surface area contributed by atoms with Crippen molar-refractivity contribution >= 4 is 23.8 Å². The van der Waals surface area contributed by atoms with Gasteiger partial charge in [-0.15, -0.1) is 0 Å². The molecule has 9 heteroatoms. The molecule has 0 aliphatic heterocycles. The Labute approximate surface area is 199 Å².